The first kappa shape index (κ1) is 33.3. The van der Waals surface area contributed by atoms with Gasteiger partial charge in [-0.3, -0.25) is 0 Å². The van der Waals surface area contributed by atoms with Crippen molar-refractivity contribution in [3.63, 3.8) is 0 Å². The van der Waals surface area contributed by atoms with Crippen LogP contribution >= 0.6 is 0 Å². The monoisotopic (exact) mass is 554 g/mol. The summed E-state index contributed by atoms with van der Waals surface area (Å²) in [5.41, 5.74) is 2.86. The third-order valence-electron chi connectivity index (χ3n) is 6.39. The lowest BCUT2D eigenvalue weighted by atomic mass is 10.1. The lowest BCUT2D eigenvalue weighted by Gasteiger charge is -2.06. The summed E-state index contributed by atoms with van der Waals surface area (Å²) < 4.78 is 20.9. The molecule has 0 N–H and O–H groups in total. The minimum Gasteiger partial charge on any atom is -0.491 e. The Morgan fingerprint density at radius 1 is 0.439 bits per heavy atom. The molecule has 4 heteroatoms. The van der Waals surface area contributed by atoms with Crippen LogP contribution in [0.15, 0.2) is 109 Å². The van der Waals surface area contributed by atoms with Gasteiger partial charge in [-0.05, 0) is 69.8 Å². The van der Waals surface area contributed by atoms with Gasteiger partial charge in [0.15, 0.2) is 0 Å². The summed E-state index contributed by atoms with van der Waals surface area (Å²) in [5.74, 6) is 1.79. The molecule has 0 aliphatic carbocycles. The second-order valence-electron chi connectivity index (χ2n) is 9.22. The number of rotatable bonds is 10. The molecule has 0 saturated heterocycles. The summed E-state index contributed by atoms with van der Waals surface area (Å²) in [5, 5.41) is 4.87. The van der Waals surface area contributed by atoms with Crippen molar-refractivity contribution >= 4 is 21.5 Å². The van der Waals surface area contributed by atoms with Crippen LogP contribution in [-0.4, -0.2) is 40.6 Å². The van der Waals surface area contributed by atoms with Crippen LogP contribution in [0.25, 0.3) is 21.5 Å². The highest BCUT2D eigenvalue weighted by Crippen LogP contribution is 2.21. The lowest BCUT2D eigenvalue weighted by Crippen LogP contribution is -2.03. The van der Waals surface area contributed by atoms with Gasteiger partial charge in [-0.1, -0.05) is 106 Å². The van der Waals surface area contributed by atoms with Crippen molar-refractivity contribution in [2.75, 3.05) is 40.6 Å². The van der Waals surface area contributed by atoms with E-state index < -0.39 is 0 Å². The first-order chi connectivity index (χ1) is 19.7. The van der Waals surface area contributed by atoms with Crippen LogP contribution in [-0.2, 0) is 22.3 Å². The number of hydrogen-bond donors (Lipinski definition) is 0. The van der Waals surface area contributed by atoms with Gasteiger partial charge in [-0.15, -0.1) is 0 Å². The van der Waals surface area contributed by atoms with E-state index in [0.29, 0.717) is 26.4 Å². The van der Waals surface area contributed by atoms with Gasteiger partial charge in [-0.2, -0.15) is 0 Å². The van der Waals surface area contributed by atoms with Crippen LogP contribution in [0.4, 0.5) is 0 Å². The average Bonchev–Trinajstić information content (AvgIpc) is 3.02. The van der Waals surface area contributed by atoms with Crippen LogP contribution in [0.3, 0.4) is 0 Å². The van der Waals surface area contributed by atoms with E-state index in [-0.39, 0.29) is 7.43 Å². The van der Waals surface area contributed by atoms with Crippen molar-refractivity contribution < 1.29 is 18.9 Å². The van der Waals surface area contributed by atoms with Crippen molar-refractivity contribution in [1.82, 2.24) is 0 Å². The Kier molecular flexibility index (Phi) is 15.7. The number of fused-ring (bicyclic) bond motifs is 2. The molecule has 0 spiro atoms. The Hall–Kier alpha value is -3.86. The Morgan fingerprint density at radius 3 is 1.15 bits per heavy atom. The first-order valence-electron chi connectivity index (χ1n) is 14.0. The van der Waals surface area contributed by atoms with Crippen LogP contribution in [0.5, 0.6) is 11.5 Å². The number of benzene rings is 5. The number of ether oxygens (including phenoxy) is 4. The van der Waals surface area contributed by atoms with E-state index in [4.69, 9.17) is 18.9 Å². The molecule has 218 valence electrons. The van der Waals surface area contributed by atoms with Crippen molar-refractivity contribution in [3.05, 3.63) is 120 Å². The summed E-state index contributed by atoms with van der Waals surface area (Å²) in [7, 11) is 3.34. The molecule has 5 aromatic carbocycles. The minimum atomic E-state index is 0. The van der Waals surface area contributed by atoms with Gasteiger partial charge in [0.1, 0.15) is 24.7 Å². The molecule has 0 radical (unpaired) electrons. The molecule has 5 aromatic rings. The predicted octanol–water partition coefficient (Wildman–Crippen LogP) is 9.18. The maximum absolute atomic E-state index is 5.53. The highest BCUT2D eigenvalue weighted by Gasteiger charge is 1.97. The van der Waals surface area contributed by atoms with Crippen molar-refractivity contribution in [1.29, 1.82) is 0 Å². The zero-order valence-corrected chi connectivity index (χ0v) is 24.3. The molecule has 5 rings (SSSR count). The van der Waals surface area contributed by atoms with Gasteiger partial charge in [0.2, 0.25) is 0 Å². The van der Waals surface area contributed by atoms with E-state index in [1.165, 1.54) is 32.7 Å². The largest absolute Gasteiger partial charge is 0.491 e. The van der Waals surface area contributed by atoms with E-state index in [1.54, 1.807) is 14.2 Å². The summed E-state index contributed by atoms with van der Waals surface area (Å²) in [4.78, 5) is 0. The van der Waals surface area contributed by atoms with Crippen molar-refractivity contribution in [2.24, 2.45) is 0 Å². The quantitative estimate of drug-likeness (QED) is 0.161. The zero-order chi connectivity index (χ0) is 28.4. The van der Waals surface area contributed by atoms with Crippen LogP contribution < -0.4 is 9.47 Å². The Labute approximate surface area is 246 Å². The summed E-state index contributed by atoms with van der Waals surface area (Å²) in [6.45, 7) is 6.78. The molecule has 0 bridgehead atoms. The molecule has 0 saturated carbocycles. The SMILES string of the molecule is C.CCc1ccc(CC)cc1.COCCOc1ccc2ccccc2c1.COCCOc1ccc2ccccc2c1. The average molecular weight is 555 g/mol. The molecular weight excluding hydrogens is 508 g/mol. The summed E-state index contributed by atoms with van der Waals surface area (Å²) in [6, 6.07) is 37.5. The van der Waals surface area contributed by atoms with E-state index >= 15 is 0 Å². The second-order valence-corrected chi connectivity index (χ2v) is 9.22. The smallest absolute Gasteiger partial charge is 0.120 e. The fraction of sp³-hybridized carbons (Fsp3) is 0.297. The van der Waals surface area contributed by atoms with Gasteiger partial charge in [0.25, 0.3) is 0 Å². The molecule has 0 aromatic heterocycles. The molecule has 0 unspecified atom stereocenters. The Morgan fingerprint density at radius 2 is 0.805 bits per heavy atom. The Balaban J connectivity index is 0.000000217. The lowest BCUT2D eigenvalue weighted by molar-refractivity contribution is 0.146. The minimum absolute atomic E-state index is 0. The molecule has 0 aliphatic rings. The molecule has 0 amide bonds. The summed E-state index contributed by atoms with van der Waals surface area (Å²) in [6.07, 6.45) is 2.29. The Bertz CT molecular complexity index is 1290. The van der Waals surface area contributed by atoms with Crippen LogP contribution in [0.1, 0.15) is 32.4 Å². The van der Waals surface area contributed by atoms with E-state index in [9.17, 15) is 0 Å². The molecule has 0 heterocycles. The summed E-state index contributed by atoms with van der Waals surface area (Å²) >= 11 is 0. The topological polar surface area (TPSA) is 36.9 Å². The number of aryl methyl sites for hydroxylation is 2. The number of hydrogen-bond acceptors (Lipinski definition) is 4. The van der Waals surface area contributed by atoms with Gasteiger partial charge in [0, 0.05) is 14.2 Å². The fourth-order valence-electron chi connectivity index (χ4n) is 4.01. The van der Waals surface area contributed by atoms with Gasteiger partial charge < -0.3 is 18.9 Å². The molecule has 4 nitrogen and oxygen atoms in total. The van der Waals surface area contributed by atoms with Crippen molar-refractivity contribution in [2.45, 2.75) is 34.1 Å². The molecule has 0 aliphatic heterocycles. The second kappa shape index (κ2) is 19.3. The highest BCUT2D eigenvalue weighted by molar-refractivity contribution is 5.84. The van der Waals surface area contributed by atoms with Gasteiger partial charge >= 0.3 is 0 Å². The molecular formula is C37H46O4. The molecule has 41 heavy (non-hydrogen) atoms. The van der Waals surface area contributed by atoms with Gasteiger partial charge in [-0.25, -0.2) is 0 Å². The van der Waals surface area contributed by atoms with Gasteiger partial charge in [0.05, 0.1) is 13.2 Å². The normalized spacial score (nSPS) is 10.0. The third-order valence-corrected chi connectivity index (χ3v) is 6.39. The third kappa shape index (κ3) is 11.6. The standard InChI is InChI=1S/2C13H14O2.C10H14.CH4/c2*1-14-8-9-15-13-7-6-11-4-2-3-5-12(11)10-13;1-3-9-5-7-10(4-2)8-6-9;/h2*2-7,10H,8-9H2,1H3;5-8H,3-4H2,1-2H3;1H4. The number of methoxy groups -OCH3 is 2. The predicted molar refractivity (Wildman–Crippen MR) is 175 cm³/mol. The van der Waals surface area contributed by atoms with Crippen molar-refractivity contribution in [3.8, 4) is 11.5 Å². The maximum Gasteiger partial charge on any atom is 0.120 e. The maximum atomic E-state index is 5.53. The zero-order valence-electron chi connectivity index (χ0n) is 24.3. The molecule has 0 atom stereocenters. The molecule has 0 fully saturated rings. The van der Waals surface area contributed by atoms with Crippen LogP contribution in [0, 0.1) is 0 Å². The fourth-order valence-corrected chi connectivity index (χ4v) is 4.01. The first-order valence-corrected chi connectivity index (χ1v) is 14.0. The van der Waals surface area contributed by atoms with E-state index in [1.807, 2.05) is 48.5 Å². The van der Waals surface area contributed by atoms with E-state index in [2.05, 4.69) is 74.5 Å². The van der Waals surface area contributed by atoms with E-state index in [0.717, 1.165) is 24.3 Å². The highest BCUT2D eigenvalue weighted by atomic mass is 16.5. The van der Waals surface area contributed by atoms with Crippen LogP contribution in [0.2, 0.25) is 0 Å².